The summed E-state index contributed by atoms with van der Waals surface area (Å²) in [6.07, 6.45) is 4.83. The van der Waals surface area contributed by atoms with Crippen molar-refractivity contribution in [2.24, 2.45) is 7.05 Å². The van der Waals surface area contributed by atoms with E-state index in [1.54, 1.807) is 11.8 Å². The van der Waals surface area contributed by atoms with E-state index in [1.165, 1.54) is 5.56 Å². The molecule has 0 fully saturated rings. The Kier molecular flexibility index (Phi) is 6.14. The smallest absolute Gasteiger partial charge is 0.167 e. The Balaban J connectivity index is 1.95. The molecule has 1 atom stereocenters. The lowest BCUT2D eigenvalue weighted by molar-refractivity contribution is 0.317. The zero-order valence-corrected chi connectivity index (χ0v) is 13.7. The van der Waals surface area contributed by atoms with E-state index in [0.29, 0.717) is 6.04 Å². The lowest BCUT2D eigenvalue weighted by Gasteiger charge is -2.16. The number of aryl methyl sites for hydroxylation is 1. The van der Waals surface area contributed by atoms with Gasteiger partial charge in [-0.05, 0) is 31.2 Å². The normalized spacial score (nSPS) is 12.3. The summed E-state index contributed by atoms with van der Waals surface area (Å²) in [7, 11) is 4.01. The van der Waals surface area contributed by atoms with Crippen molar-refractivity contribution >= 4 is 11.8 Å². The second-order valence-electron chi connectivity index (χ2n) is 4.89. The quantitative estimate of drug-likeness (QED) is 0.760. The summed E-state index contributed by atoms with van der Waals surface area (Å²) in [5.41, 5.74) is 1.27. The Hall–Kier alpha value is -1.46. The van der Waals surface area contributed by atoms with Crippen LogP contribution in [0.5, 0.6) is 5.75 Å². The van der Waals surface area contributed by atoms with E-state index in [-0.39, 0.29) is 0 Å². The van der Waals surface area contributed by atoms with E-state index in [0.717, 1.165) is 29.7 Å². The second kappa shape index (κ2) is 8.10. The minimum absolute atomic E-state index is 0.298. The highest BCUT2D eigenvalue weighted by molar-refractivity contribution is 7.99. The van der Waals surface area contributed by atoms with Gasteiger partial charge in [0.15, 0.2) is 5.16 Å². The van der Waals surface area contributed by atoms with Gasteiger partial charge in [-0.3, -0.25) is 0 Å². The lowest BCUT2D eigenvalue weighted by atomic mass is 10.1. The first kappa shape index (κ1) is 15.9. The second-order valence-corrected chi connectivity index (χ2v) is 5.88. The van der Waals surface area contributed by atoms with Crippen LogP contribution in [-0.4, -0.2) is 29.0 Å². The first-order chi connectivity index (χ1) is 10.2. The van der Waals surface area contributed by atoms with Crippen molar-refractivity contribution in [3.8, 4) is 5.75 Å². The maximum atomic E-state index is 5.62. The molecule has 2 aromatic rings. The summed E-state index contributed by atoms with van der Waals surface area (Å²) in [6, 6.07) is 8.64. The average Bonchev–Trinajstić information content (AvgIpc) is 2.92. The van der Waals surface area contributed by atoms with E-state index in [1.807, 2.05) is 43.2 Å². The number of imidazole rings is 1. The minimum Gasteiger partial charge on any atom is -0.494 e. The number of hydrogen-bond donors (Lipinski definition) is 1. The molecule has 0 saturated heterocycles. The molecular formula is C16H23N3OS. The van der Waals surface area contributed by atoms with E-state index >= 15 is 0 Å². The maximum Gasteiger partial charge on any atom is 0.167 e. The molecule has 0 bridgehead atoms. The molecule has 4 nitrogen and oxygen atoms in total. The Morgan fingerprint density at radius 2 is 2.10 bits per heavy atom. The van der Waals surface area contributed by atoms with E-state index in [2.05, 4.69) is 29.4 Å². The number of nitrogens with zero attached hydrogens (tertiary/aromatic N) is 2. The molecule has 0 saturated carbocycles. The highest BCUT2D eigenvalue weighted by Crippen LogP contribution is 2.24. The fourth-order valence-electron chi connectivity index (χ4n) is 2.01. The van der Waals surface area contributed by atoms with Crippen LogP contribution in [0.2, 0.25) is 0 Å². The van der Waals surface area contributed by atoms with Gasteiger partial charge in [0, 0.05) is 31.2 Å². The molecule has 0 radical (unpaired) electrons. The molecule has 1 aromatic heterocycles. The third kappa shape index (κ3) is 4.51. The first-order valence-corrected chi connectivity index (χ1v) is 8.23. The molecule has 0 spiro atoms. The van der Waals surface area contributed by atoms with Crippen molar-refractivity contribution < 1.29 is 4.74 Å². The van der Waals surface area contributed by atoms with Crippen LogP contribution in [0.15, 0.2) is 41.8 Å². The summed E-state index contributed by atoms with van der Waals surface area (Å²) >= 11 is 1.76. The van der Waals surface area contributed by atoms with E-state index in [9.17, 15) is 0 Å². The van der Waals surface area contributed by atoms with E-state index < -0.39 is 0 Å². The summed E-state index contributed by atoms with van der Waals surface area (Å²) in [5, 5.41) is 4.40. The maximum absolute atomic E-state index is 5.62. The summed E-state index contributed by atoms with van der Waals surface area (Å²) in [5.74, 6) is 1.88. The van der Waals surface area contributed by atoms with Crippen LogP contribution in [-0.2, 0) is 7.05 Å². The fraction of sp³-hybridized carbons (Fsp3) is 0.438. The Bertz CT molecular complexity index is 539. The Labute approximate surface area is 130 Å². The predicted octanol–water partition coefficient (Wildman–Crippen LogP) is 3.26. The van der Waals surface area contributed by atoms with Crippen molar-refractivity contribution in [2.75, 3.05) is 19.4 Å². The predicted molar refractivity (Wildman–Crippen MR) is 88.0 cm³/mol. The highest BCUT2D eigenvalue weighted by atomic mass is 32.2. The number of thioether (sulfide) groups is 1. The molecule has 114 valence electrons. The molecule has 0 amide bonds. The first-order valence-electron chi connectivity index (χ1n) is 7.24. The van der Waals surface area contributed by atoms with Crippen LogP contribution in [0.25, 0.3) is 0 Å². The summed E-state index contributed by atoms with van der Waals surface area (Å²) in [6.45, 7) is 2.88. The summed E-state index contributed by atoms with van der Waals surface area (Å²) < 4.78 is 7.66. The van der Waals surface area contributed by atoms with Gasteiger partial charge in [0.2, 0.25) is 0 Å². The molecule has 0 aliphatic rings. The number of nitrogens with one attached hydrogen (secondary N) is 1. The standard InChI is InChI=1S/C16H23N3OS/c1-4-11-20-14-7-5-13(6-8-14)15(17-2)12-21-16-18-9-10-19(16)3/h5-10,15,17H,4,11-12H2,1-3H3. The van der Waals surface area contributed by atoms with Gasteiger partial charge in [-0.2, -0.15) is 0 Å². The lowest BCUT2D eigenvalue weighted by Crippen LogP contribution is -2.18. The highest BCUT2D eigenvalue weighted by Gasteiger charge is 2.11. The van der Waals surface area contributed by atoms with Crippen LogP contribution < -0.4 is 10.1 Å². The van der Waals surface area contributed by atoms with Crippen LogP contribution in [0.1, 0.15) is 24.9 Å². The van der Waals surface area contributed by atoms with Crippen LogP contribution in [0.4, 0.5) is 0 Å². The van der Waals surface area contributed by atoms with Crippen molar-refractivity contribution in [3.63, 3.8) is 0 Å². The van der Waals surface area contributed by atoms with Gasteiger partial charge in [0.1, 0.15) is 5.75 Å². The van der Waals surface area contributed by atoms with Gasteiger partial charge in [-0.1, -0.05) is 30.8 Å². The van der Waals surface area contributed by atoms with Gasteiger partial charge >= 0.3 is 0 Å². The molecule has 1 unspecified atom stereocenters. The van der Waals surface area contributed by atoms with Crippen molar-refractivity contribution in [1.29, 1.82) is 0 Å². The fourth-order valence-corrected chi connectivity index (χ4v) is 3.09. The molecule has 1 aromatic carbocycles. The number of aromatic nitrogens is 2. The number of benzene rings is 1. The molecule has 2 rings (SSSR count). The zero-order chi connectivity index (χ0) is 15.1. The largest absolute Gasteiger partial charge is 0.494 e. The molecule has 1 N–H and O–H groups in total. The molecule has 5 heteroatoms. The van der Waals surface area contributed by atoms with Crippen molar-refractivity contribution in [3.05, 3.63) is 42.2 Å². The molecule has 0 aliphatic heterocycles. The summed E-state index contributed by atoms with van der Waals surface area (Å²) in [4.78, 5) is 4.34. The third-order valence-corrected chi connectivity index (χ3v) is 4.41. The molecule has 21 heavy (non-hydrogen) atoms. The SMILES string of the molecule is CCCOc1ccc(C(CSc2nccn2C)NC)cc1. The van der Waals surface area contributed by atoms with Gasteiger partial charge in [0.05, 0.1) is 6.61 Å². The molecule has 1 heterocycles. The zero-order valence-electron chi connectivity index (χ0n) is 12.9. The van der Waals surface area contributed by atoms with Crippen molar-refractivity contribution in [2.45, 2.75) is 24.5 Å². The number of ether oxygens (including phenoxy) is 1. The third-order valence-electron chi connectivity index (χ3n) is 3.26. The van der Waals surface area contributed by atoms with Crippen LogP contribution in [0, 0.1) is 0 Å². The Morgan fingerprint density at radius 1 is 1.33 bits per heavy atom. The molecular weight excluding hydrogens is 282 g/mol. The Morgan fingerprint density at radius 3 is 2.67 bits per heavy atom. The molecule has 0 aliphatic carbocycles. The number of rotatable bonds is 8. The average molecular weight is 305 g/mol. The van der Waals surface area contributed by atoms with Gasteiger partial charge in [-0.15, -0.1) is 0 Å². The number of hydrogen-bond acceptors (Lipinski definition) is 4. The van der Waals surface area contributed by atoms with Gasteiger partial charge < -0.3 is 14.6 Å². The monoisotopic (exact) mass is 305 g/mol. The van der Waals surface area contributed by atoms with Gasteiger partial charge in [-0.25, -0.2) is 4.98 Å². The topological polar surface area (TPSA) is 39.1 Å². The van der Waals surface area contributed by atoms with Crippen LogP contribution in [0.3, 0.4) is 0 Å². The van der Waals surface area contributed by atoms with Crippen LogP contribution >= 0.6 is 11.8 Å². The minimum atomic E-state index is 0.298. The van der Waals surface area contributed by atoms with Gasteiger partial charge in [0.25, 0.3) is 0 Å². The van der Waals surface area contributed by atoms with E-state index in [4.69, 9.17) is 4.74 Å². The van der Waals surface area contributed by atoms with Crippen molar-refractivity contribution in [1.82, 2.24) is 14.9 Å².